The zero-order chi connectivity index (χ0) is 12.3. The van der Waals surface area contributed by atoms with E-state index < -0.39 is 0 Å². The molecule has 0 aliphatic carbocycles. The summed E-state index contributed by atoms with van der Waals surface area (Å²) in [6, 6.07) is 0.338. The zero-order valence-electron chi connectivity index (χ0n) is 10.5. The first kappa shape index (κ1) is 12.3. The highest BCUT2D eigenvalue weighted by molar-refractivity contribution is 7.09. The molecule has 2 rings (SSSR count). The van der Waals surface area contributed by atoms with Crippen LogP contribution >= 0.6 is 11.3 Å². The number of rotatable bonds is 5. The van der Waals surface area contributed by atoms with Crippen LogP contribution in [0.4, 0.5) is 0 Å². The molecule has 2 heterocycles. The van der Waals surface area contributed by atoms with Crippen molar-refractivity contribution >= 4 is 11.3 Å². The Hall–Kier alpha value is -1.20. The van der Waals surface area contributed by atoms with Crippen LogP contribution in [0.2, 0.25) is 0 Å². The molecule has 17 heavy (non-hydrogen) atoms. The summed E-state index contributed by atoms with van der Waals surface area (Å²) in [5, 5.41) is 11.0. The average molecular weight is 250 g/mol. The van der Waals surface area contributed by atoms with Crippen molar-refractivity contribution in [2.24, 2.45) is 7.05 Å². The molecule has 92 valence electrons. The number of hydrogen-bond donors (Lipinski definition) is 1. The van der Waals surface area contributed by atoms with Gasteiger partial charge in [0.25, 0.3) is 0 Å². The molecule has 1 unspecified atom stereocenters. The number of aryl methyl sites for hydroxylation is 2. The molecule has 0 spiro atoms. The van der Waals surface area contributed by atoms with Crippen LogP contribution in [0.25, 0.3) is 0 Å². The van der Waals surface area contributed by atoms with E-state index in [-0.39, 0.29) is 0 Å². The van der Waals surface area contributed by atoms with Gasteiger partial charge in [0.05, 0.1) is 11.2 Å². The first-order chi connectivity index (χ1) is 8.15. The van der Waals surface area contributed by atoms with Gasteiger partial charge >= 0.3 is 0 Å². The summed E-state index contributed by atoms with van der Waals surface area (Å²) in [4.78, 5) is 4.45. The zero-order valence-corrected chi connectivity index (χ0v) is 11.3. The molecular weight excluding hydrogens is 232 g/mol. The van der Waals surface area contributed by atoms with Crippen LogP contribution in [-0.2, 0) is 13.5 Å². The van der Waals surface area contributed by atoms with Crippen molar-refractivity contribution < 1.29 is 0 Å². The van der Waals surface area contributed by atoms with E-state index in [2.05, 4.69) is 27.7 Å². The first-order valence-electron chi connectivity index (χ1n) is 5.78. The predicted octanol–water partition coefficient (Wildman–Crippen LogP) is 2.08. The maximum Gasteiger partial charge on any atom is 0.0940 e. The molecule has 0 saturated carbocycles. The van der Waals surface area contributed by atoms with E-state index in [1.54, 1.807) is 11.3 Å². The highest BCUT2D eigenvalue weighted by Gasteiger charge is 2.06. The van der Waals surface area contributed by atoms with Gasteiger partial charge in [-0.25, -0.2) is 4.98 Å². The van der Waals surface area contributed by atoms with E-state index >= 15 is 0 Å². The molecule has 2 aromatic heterocycles. The predicted molar refractivity (Wildman–Crippen MR) is 70.2 cm³/mol. The van der Waals surface area contributed by atoms with Crippen LogP contribution < -0.4 is 5.32 Å². The molecule has 0 aliphatic heterocycles. The van der Waals surface area contributed by atoms with Crippen LogP contribution in [0.3, 0.4) is 0 Å². The minimum absolute atomic E-state index is 0.338. The normalized spacial score (nSPS) is 12.9. The Kier molecular flexibility index (Phi) is 3.91. The molecule has 0 aliphatic rings. The first-order valence-corrected chi connectivity index (χ1v) is 6.66. The van der Waals surface area contributed by atoms with Crippen molar-refractivity contribution in [3.8, 4) is 0 Å². The number of hydrogen-bond acceptors (Lipinski definition) is 4. The van der Waals surface area contributed by atoms with E-state index in [9.17, 15) is 0 Å². The van der Waals surface area contributed by atoms with Gasteiger partial charge in [0.1, 0.15) is 0 Å². The molecule has 5 heteroatoms. The van der Waals surface area contributed by atoms with E-state index in [0.717, 1.165) is 18.7 Å². The van der Waals surface area contributed by atoms with Gasteiger partial charge < -0.3 is 5.32 Å². The monoisotopic (exact) mass is 250 g/mol. The molecule has 0 bridgehead atoms. The third-order valence-corrected chi connectivity index (χ3v) is 3.71. The van der Waals surface area contributed by atoms with Gasteiger partial charge in [0.15, 0.2) is 0 Å². The molecule has 0 aromatic carbocycles. The van der Waals surface area contributed by atoms with Gasteiger partial charge in [-0.05, 0) is 13.8 Å². The Morgan fingerprint density at radius 1 is 1.53 bits per heavy atom. The molecule has 4 nitrogen and oxygen atoms in total. The highest BCUT2D eigenvalue weighted by atomic mass is 32.1. The minimum Gasteiger partial charge on any atom is -0.310 e. The quantitative estimate of drug-likeness (QED) is 0.883. The third kappa shape index (κ3) is 3.38. The lowest BCUT2D eigenvalue weighted by Crippen LogP contribution is -2.21. The van der Waals surface area contributed by atoms with Crippen LogP contribution in [-0.4, -0.2) is 21.3 Å². The second-order valence-electron chi connectivity index (χ2n) is 4.26. The number of aromatic nitrogens is 3. The van der Waals surface area contributed by atoms with Gasteiger partial charge in [0.2, 0.25) is 0 Å². The second-order valence-corrected chi connectivity index (χ2v) is 5.20. The Balaban J connectivity index is 1.78. The molecule has 1 N–H and O–H groups in total. The van der Waals surface area contributed by atoms with Crippen LogP contribution in [0.5, 0.6) is 0 Å². The summed E-state index contributed by atoms with van der Waals surface area (Å²) in [5.74, 6) is 0. The summed E-state index contributed by atoms with van der Waals surface area (Å²) in [7, 11) is 1.94. The smallest absolute Gasteiger partial charge is 0.0940 e. The Morgan fingerprint density at radius 2 is 2.35 bits per heavy atom. The van der Waals surface area contributed by atoms with Crippen LogP contribution in [0, 0.1) is 6.92 Å². The fourth-order valence-electron chi connectivity index (χ4n) is 1.69. The van der Waals surface area contributed by atoms with Crippen LogP contribution in [0.15, 0.2) is 17.8 Å². The fourth-order valence-corrected chi connectivity index (χ4v) is 2.47. The summed E-state index contributed by atoms with van der Waals surface area (Å²) < 4.78 is 1.83. The lowest BCUT2D eigenvalue weighted by Gasteiger charge is -2.10. The lowest BCUT2D eigenvalue weighted by atomic mass is 10.2. The van der Waals surface area contributed by atoms with Crippen molar-refractivity contribution in [1.29, 1.82) is 0 Å². The van der Waals surface area contributed by atoms with E-state index in [0.29, 0.717) is 6.04 Å². The van der Waals surface area contributed by atoms with Gasteiger partial charge in [-0.1, -0.05) is 0 Å². The Labute approximate surface area is 106 Å². The van der Waals surface area contributed by atoms with Crippen molar-refractivity contribution in [2.75, 3.05) is 6.54 Å². The van der Waals surface area contributed by atoms with Crippen molar-refractivity contribution in [3.05, 3.63) is 34.0 Å². The van der Waals surface area contributed by atoms with Gasteiger partial charge in [-0.3, -0.25) is 4.68 Å². The van der Waals surface area contributed by atoms with E-state index in [1.807, 2.05) is 31.0 Å². The molecule has 0 amide bonds. The van der Waals surface area contributed by atoms with Gasteiger partial charge in [-0.15, -0.1) is 11.3 Å². The summed E-state index contributed by atoms with van der Waals surface area (Å²) in [6.07, 6.45) is 4.94. The maximum absolute atomic E-state index is 4.45. The summed E-state index contributed by atoms with van der Waals surface area (Å²) >= 11 is 1.73. The summed E-state index contributed by atoms with van der Waals surface area (Å²) in [5.41, 5.74) is 2.34. The second kappa shape index (κ2) is 5.42. The SMILES string of the molecule is Cc1csc(CCNC(C)c2cnn(C)c2)n1. The Morgan fingerprint density at radius 3 is 2.94 bits per heavy atom. The van der Waals surface area contributed by atoms with Crippen LogP contribution in [0.1, 0.15) is 29.2 Å². The fraction of sp³-hybridized carbons (Fsp3) is 0.500. The molecule has 0 radical (unpaired) electrons. The molecule has 2 aromatic rings. The topological polar surface area (TPSA) is 42.7 Å². The summed E-state index contributed by atoms with van der Waals surface area (Å²) in [6.45, 7) is 5.14. The largest absolute Gasteiger partial charge is 0.310 e. The van der Waals surface area contributed by atoms with Gasteiger partial charge in [0, 0.05) is 48.9 Å². The molecule has 1 atom stereocenters. The number of thiazole rings is 1. The highest BCUT2D eigenvalue weighted by Crippen LogP contribution is 2.12. The van der Waals surface area contributed by atoms with E-state index in [4.69, 9.17) is 0 Å². The standard InChI is InChI=1S/C12H18N4S/c1-9-8-17-12(15-9)4-5-13-10(2)11-6-14-16(3)7-11/h6-8,10,13H,4-5H2,1-3H3. The van der Waals surface area contributed by atoms with E-state index in [1.165, 1.54) is 10.6 Å². The number of nitrogens with one attached hydrogen (secondary N) is 1. The van der Waals surface area contributed by atoms with Crippen molar-refractivity contribution in [2.45, 2.75) is 26.3 Å². The third-order valence-electron chi connectivity index (χ3n) is 2.68. The minimum atomic E-state index is 0.338. The average Bonchev–Trinajstić information content (AvgIpc) is 2.88. The molecule has 0 saturated heterocycles. The van der Waals surface area contributed by atoms with Crippen molar-refractivity contribution in [3.63, 3.8) is 0 Å². The maximum atomic E-state index is 4.45. The molecule has 0 fully saturated rings. The van der Waals surface area contributed by atoms with Gasteiger partial charge in [-0.2, -0.15) is 5.10 Å². The number of nitrogens with zero attached hydrogens (tertiary/aromatic N) is 3. The molecular formula is C12H18N4S. The Bertz CT molecular complexity index is 474. The lowest BCUT2D eigenvalue weighted by molar-refractivity contribution is 0.575. The van der Waals surface area contributed by atoms with Crippen molar-refractivity contribution in [1.82, 2.24) is 20.1 Å².